The Labute approximate surface area is 351 Å². The highest BCUT2D eigenvalue weighted by Crippen LogP contribution is 2.49. The molecule has 4 aromatic rings. The van der Waals surface area contributed by atoms with Gasteiger partial charge in [-0.3, -0.25) is 0 Å². The van der Waals surface area contributed by atoms with E-state index >= 15 is 0 Å². The first kappa shape index (κ1) is 44.2. The summed E-state index contributed by atoms with van der Waals surface area (Å²) in [5.41, 5.74) is 7.94. The lowest BCUT2D eigenvalue weighted by Crippen LogP contribution is -2.34. The molecule has 0 heterocycles. The predicted octanol–water partition coefficient (Wildman–Crippen LogP) is 15.5. The van der Waals surface area contributed by atoms with Gasteiger partial charge in [0.15, 0.2) is 0 Å². The van der Waals surface area contributed by atoms with E-state index < -0.39 is 0 Å². The second-order valence-corrected chi connectivity index (χ2v) is 18.2. The molecule has 6 rings (SSSR count). The molecule has 0 unspecified atom stereocenters. The molecule has 56 heavy (non-hydrogen) atoms. The van der Waals surface area contributed by atoms with Crippen LogP contribution in [0.3, 0.4) is 0 Å². The van der Waals surface area contributed by atoms with Crippen LogP contribution in [0.1, 0.15) is 140 Å². The summed E-state index contributed by atoms with van der Waals surface area (Å²) >= 11 is 13.2. The van der Waals surface area contributed by atoms with Crippen molar-refractivity contribution in [3.05, 3.63) is 128 Å². The predicted molar refractivity (Wildman–Crippen MR) is 241 cm³/mol. The summed E-state index contributed by atoms with van der Waals surface area (Å²) < 4.78 is 11.1. The average molecular weight is 798 g/mol. The van der Waals surface area contributed by atoms with Crippen LogP contribution in [0, 0.1) is 47.3 Å². The van der Waals surface area contributed by atoms with E-state index in [4.69, 9.17) is 32.7 Å². The highest BCUT2D eigenvalue weighted by atomic mass is 35.5. The Balaban J connectivity index is 0.000000214. The van der Waals surface area contributed by atoms with Gasteiger partial charge < -0.3 is 9.47 Å². The van der Waals surface area contributed by atoms with E-state index in [2.05, 4.69) is 140 Å². The van der Waals surface area contributed by atoms with E-state index in [1.165, 1.54) is 59.1 Å². The van der Waals surface area contributed by atoms with Crippen molar-refractivity contribution in [3.63, 3.8) is 0 Å². The molecule has 2 aliphatic rings. The summed E-state index contributed by atoms with van der Waals surface area (Å²) in [4.78, 5) is 0. The number of ether oxygens (including phenoxy) is 2. The van der Waals surface area contributed by atoms with Gasteiger partial charge in [-0.1, -0.05) is 140 Å². The summed E-state index contributed by atoms with van der Waals surface area (Å²) in [5, 5.41) is 1.74. The average Bonchev–Trinajstić information content (AvgIpc) is 3.20. The lowest BCUT2D eigenvalue weighted by molar-refractivity contribution is 0.0996. The highest BCUT2D eigenvalue weighted by Gasteiger charge is 2.39. The van der Waals surface area contributed by atoms with E-state index in [9.17, 15) is 0 Å². The molecule has 0 aliphatic heterocycles. The standard InChI is InChI=1S/2C26H35ClO/c2*1-6-21-16-25(19(5)17(3)18(21)4)22-10-13-26(27)23(15-22)14-20-8-11-24(12-9-20)28-7-2/h2*8-13,15,17-19,21,25H,6-7,14,16H2,1-5H3/t17-,18-,19+,21+,25+;17-,18-,19+,21-,25+/m00/s1. The zero-order valence-corrected chi connectivity index (χ0v) is 37.6. The molecule has 4 aromatic carbocycles. The molecule has 0 saturated heterocycles. The van der Waals surface area contributed by atoms with Crippen LogP contribution in [0.15, 0.2) is 84.9 Å². The van der Waals surface area contributed by atoms with Crippen molar-refractivity contribution in [3.8, 4) is 11.5 Å². The monoisotopic (exact) mass is 796 g/mol. The van der Waals surface area contributed by atoms with Gasteiger partial charge >= 0.3 is 0 Å². The highest BCUT2D eigenvalue weighted by molar-refractivity contribution is 6.31. The minimum absolute atomic E-state index is 0.632. The number of halogens is 2. The van der Waals surface area contributed by atoms with Crippen molar-refractivity contribution in [2.24, 2.45) is 47.3 Å². The Hall–Kier alpha value is -2.94. The molecule has 304 valence electrons. The van der Waals surface area contributed by atoms with E-state index in [-0.39, 0.29) is 0 Å². The maximum Gasteiger partial charge on any atom is 0.119 e. The lowest BCUT2D eigenvalue weighted by Gasteiger charge is -2.44. The van der Waals surface area contributed by atoms with Gasteiger partial charge in [0.05, 0.1) is 13.2 Å². The van der Waals surface area contributed by atoms with Crippen LogP contribution < -0.4 is 9.47 Å². The van der Waals surface area contributed by atoms with Gasteiger partial charge in [-0.25, -0.2) is 0 Å². The fourth-order valence-electron chi connectivity index (χ4n) is 10.1. The second kappa shape index (κ2) is 20.7. The molecule has 0 spiro atoms. The lowest BCUT2D eigenvalue weighted by atomic mass is 9.61. The van der Waals surface area contributed by atoms with Crippen molar-refractivity contribution in [2.45, 2.75) is 120 Å². The van der Waals surface area contributed by atoms with Crippen molar-refractivity contribution in [1.29, 1.82) is 0 Å². The van der Waals surface area contributed by atoms with Gasteiger partial charge in [0, 0.05) is 10.0 Å². The van der Waals surface area contributed by atoms with Crippen LogP contribution in [0.5, 0.6) is 11.5 Å². The second-order valence-electron chi connectivity index (χ2n) is 17.4. The van der Waals surface area contributed by atoms with Crippen molar-refractivity contribution in [1.82, 2.24) is 0 Å². The smallest absolute Gasteiger partial charge is 0.119 e. The number of hydrogen-bond donors (Lipinski definition) is 0. The number of benzene rings is 4. The molecule has 0 aromatic heterocycles. The van der Waals surface area contributed by atoms with E-state index in [1.807, 2.05) is 13.8 Å². The number of hydrogen-bond acceptors (Lipinski definition) is 2. The molecule has 2 aliphatic carbocycles. The van der Waals surface area contributed by atoms with Crippen molar-refractivity contribution < 1.29 is 9.47 Å². The fraction of sp³-hybridized carbons (Fsp3) is 0.538. The Morgan fingerprint density at radius 3 is 1.14 bits per heavy atom. The minimum Gasteiger partial charge on any atom is -0.494 e. The maximum absolute atomic E-state index is 6.59. The van der Waals surface area contributed by atoms with E-state index in [0.29, 0.717) is 36.9 Å². The third kappa shape index (κ3) is 10.8. The molecule has 4 heteroatoms. The zero-order chi connectivity index (χ0) is 40.5. The molecule has 2 fully saturated rings. The Bertz CT molecular complexity index is 1660. The third-order valence-corrected chi connectivity index (χ3v) is 15.2. The van der Waals surface area contributed by atoms with Gasteiger partial charge in [-0.15, -0.1) is 0 Å². The summed E-state index contributed by atoms with van der Waals surface area (Å²) in [6.07, 6.45) is 6.88. The van der Waals surface area contributed by atoms with Crippen LogP contribution in [-0.4, -0.2) is 13.2 Å². The molecule has 2 nitrogen and oxygen atoms in total. The van der Waals surface area contributed by atoms with Crippen LogP contribution >= 0.6 is 23.2 Å². The molecule has 0 amide bonds. The summed E-state index contributed by atoms with van der Waals surface area (Å²) in [6.45, 7) is 24.8. The number of rotatable bonds is 12. The van der Waals surface area contributed by atoms with Crippen molar-refractivity contribution in [2.75, 3.05) is 13.2 Å². The topological polar surface area (TPSA) is 18.5 Å². The first-order chi connectivity index (χ1) is 26.9. The quantitative estimate of drug-likeness (QED) is 0.142. The van der Waals surface area contributed by atoms with Crippen molar-refractivity contribution >= 4 is 23.2 Å². The molecule has 0 N–H and O–H groups in total. The molecule has 10 atom stereocenters. The minimum atomic E-state index is 0.632. The summed E-state index contributed by atoms with van der Waals surface area (Å²) in [5.74, 6) is 9.31. The Morgan fingerprint density at radius 2 is 0.821 bits per heavy atom. The van der Waals surface area contributed by atoms with Gasteiger partial charge in [0.2, 0.25) is 0 Å². The fourth-order valence-corrected chi connectivity index (χ4v) is 10.5. The largest absolute Gasteiger partial charge is 0.494 e. The van der Waals surface area contributed by atoms with Gasteiger partial charge in [0.1, 0.15) is 11.5 Å². The van der Waals surface area contributed by atoms with Crippen LogP contribution in [0.2, 0.25) is 10.0 Å². The zero-order valence-electron chi connectivity index (χ0n) is 36.1. The first-order valence-corrected chi connectivity index (χ1v) is 22.6. The van der Waals surface area contributed by atoms with E-state index in [0.717, 1.165) is 69.9 Å². The normalized spacial score (nSPS) is 27.6. The van der Waals surface area contributed by atoms with Gasteiger partial charge in [-0.05, 0) is 168 Å². The van der Waals surface area contributed by atoms with Crippen LogP contribution in [-0.2, 0) is 12.8 Å². The molecule has 0 bridgehead atoms. The Kier molecular flexibility index (Phi) is 16.3. The van der Waals surface area contributed by atoms with Gasteiger partial charge in [0.25, 0.3) is 0 Å². The molecular formula is C52H70Cl2O2. The first-order valence-electron chi connectivity index (χ1n) is 21.9. The van der Waals surface area contributed by atoms with Gasteiger partial charge in [-0.2, -0.15) is 0 Å². The maximum atomic E-state index is 6.59. The SMILES string of the molecule is CCOc1ccc(Cc2cc([C@@H]3C[C@@H](CC)[C@@H](C)[C@H](C)[C@H]3C)ccc2Cl)cc1.CCOc1ccc(Cc2cc([C@@H]3C[C@H](CC)[C@@H](C)[C@H](C)[C@H]3C)ccc2Cl)cc1. The summed E-state index contributed by atoms with van der Waals surface area (Å²) in [6, 6.07) is 30.3. The molecule has 0 radical (unpaired) electrons. The Morgan fingerprint density at radius 1 is 0.464 bits per heavy atom. The van der Waals surface area contributed by atoms with Crippen LogP contribution in [0.4, 0.5) is 0 Å². The molecular weight excluding hydrogens is 727 g/mol. The third-order valence-electron chi connectivity index (χ3n) is 14.5. The molecule has 2 saturated carbocycles. The van der Waals surface area contributed by atoms with Crippen LogP contribution in [0.25, 0.3) is 0 Å². The summed E-state index contributed by atoms with van der Waals surface area (Å²) in [7, 11) is 0. The van der Waals surface area contributed by atoms with E-state index in [1.54, 1.807) is 0 Å².